The van der Waals surface area contributed by atoms with Gasteiger partial charge in [0.25, 0.3) is 0 Å². The molecular weight excluding hydrogens is 294 g/mol. The normalized spacial score (nSPS) is 12.4. The van der Waals surface area contributed by atoms with Crippen molar-refractivity contribution in [2.45, 2.75) is 52.9 Å². The van der Waals surface area contributed by atoms with Crippen molar-refractivity contribution in [3.8, 4) is 5.75 Å². The first kappa shape index (κ1) is 19.6. The van der Waals surface area contributed by atoms with E-state index in [0.717, 1.165) is 11.1 Å². The Hall–Kier alpha value is -1.43. The van der Waals surface area contributed by atoms with Crippen molar-refractivity contribution in [2.75, 3.05) is 19.8 Å². The number of ketones is 1. The average Bonchev–Trinajstić information content (AvgIpc) is 2.49. The zero-order valence-electron chi connectivity index (χ0n) is 14.6. The lowest BCUT2D eigenvalue weighted by Gasteiger charge is -2.17. The molecule has 0 aliphatic heterocycles. The molecule has 0 aliphatic carbocycles. The molecule has 0 fully saturated rings. The number of aliphatic hydroxyl groups is 1. The first-order valence-electron chi connectivity index (χ1n) is 8.15. The summed E-state index contributed by atoms with van der Waals surface area (Å²) in [6.45, 7) is 9.30. The summed E-state index contributed by atoms with van der Waals surface area (Å²) < 4.78 is 11.2. The van der Waals surface area contributed by atoms with Crippen LogP contribution in [-0.4, -0.2) is 42.8 Å². The van der Waals surface area contributed by atoms with Crippen molar-refractivity contribution in [1.82, 2.24) is 5.32 Å². The molecule has 0 radical (unpaired) electrons. The maximum Gasteiger partial charge on any atom is 0.134 e. The summed E-state index contributed by atoms with van der Waals surface area (Å²) >= 11 is 0. The number of ether oxygens (including phenoxy) is 2. The van der Waals surface area contributed by atoms with Crippen molar-refractivity contribution < 1.29 is 19.4 Å². The van der Waals surface area contributed by atoms with Crippen LogP contribution in [0.3, 0.4) is 0 Å². The van der Waals surface area contributed by atoms with Gasteiger partial charge in [-0.2, -0.15) is 0 Å². The fraction of sp³-hybridized carbons (Fsp3) is 0.611. The summed E-state index contributed by atoms with van der Waals surface area (Å²) in [5.74, 6) is 0.811. The summed E-state index contributed by atoms with van der Waals surface area (Å²) in [5.41, 5.74) is 1.84. The molecule has 0 saturated carbocycles. The molecule has 0 aromatic heterocycles. The smallest absolute Gasteiger partial charge is 0.134 e. The molecule has 5 heteroatoms. The molecule has 0 spiro atoms. The fourth-order valence-electron chi connectivity index (χ4n) is 2.11. The van der Waals surface area contributed by atoms with Gasteiger partial charge in [-0.25, -0.2) is 0 Å². The number of hydrogen-bond acceptors (Lipinski definition) is 5. The van der Waals surface area contributed by atoms with Gasteiger partial charge in [-0.3, -0.25) is 4.79 Å². The third-order valence-corrected chi connectivity index (χ3v) is 3.23. The fourth-order valence-corrected chi connectivity index (χ4v) is 2.11. The molecule has 130 valence electrons. The number of nitrogens with one attached hydrogen (secondary N) is 1. The maximum atomic E-state index is 11.3. The molecule has 0 heterocycles. The van der Waals surface area contributed by atoms with E-state index in [1.54, 1.807) is 6.92 Å². The van der Waals surface area contributed by atoms with Gasteiger partial charge in [-0.15, -0.1) is 0 Å². The van der Waals surface area contributed by atoms with Gasteiger partial charge in [-0.05, 0) is 31.5 Å². The van der Waals surface area contributed by atoms with E-state index in [1.807, 2.05) is 39.0 Å². The summed E-state index contributed by atoms with van der Waals surface area (Å²) in [6.07, 6.45) is -0.172. The standard InChI is InChI=1S/C18H29NO4/c1-5-22-11-16-9-15(8-14(4)20)6-7-18(16)23-12-17(21)10-19-13(2)3/h6-7,9,13,17,19,21H,5,8,10-12H2,1-4H3. The first-order valence-corrected chi connectivity index (χ1v) is 8.15. The van der Waals surface area contributed by atoms with Gasteiger partial charge in [0.15, 0.2) is 0 Å². The summed E-state index contributed by atoms with van der Waals surface area (Å²) in [7, 11) is 0. The van der Waals surface area contributed by atoms with Crippen LogP contribution in [0, 0.1) is 0 Å². The Morgan fingerprint density at radius 1 is 1.35 bits per heavy atom. The molecule has 0 bridgehead atoms. The highest BCUT2D eigenvalue weighted by Crippen LogP contribution is 2.22. The molecule has 1 aromatic carbocycles. The van der Waals surface area contributed by atoms with E-state index in [-0.39, 0.29) is 12.4 Å². The van der Waals surface area contributed by atoms with E-state index in [4.69, 9.17) is 9.47 Å². The van der Waals surface area contributed by atoms with E-state index in [9.17, 15) is 9.90 Å². The van der Waals surface area contributed by atoms with E-state index in [0.29, 0.717) is 38.0 Å². The second-order valence-corrected chi connectivity index (χ2v) is 5.99. The molecular formula is C18H29NO4. The Morgan fingerprint density at radius 2 is 2.09 bits per heavy atom. The third kappa shape index (κ3) is 8.11. The zero-order valence-corrected chi connectivity index (χ0v) is 14.6. The van der Waals surface area contributed by atoms with Crippen molar-refractivity contribution in [2.24, 2.45) is 0 Å². The van der Waals surface area contributed by atoms with Gasteiger partial charge >= 0.3 is 0 Å². The molecule has 0 saturated heterocycles. The minimum Gasteiger partial charge on any atom is -0.490 e. The van der Waals surface area contributed by atoms with E-state index >= 15 is 0 Å². The van der Waals surface area contributed by atoms with E-state index < -0.39 is 6.10 Å². The third-order valence-electron chi connectivity index (χ3n) is 3.23. The summed E-state index contributed by atoms with van der Waals surface area (Å²) in [4.78, 5) is 11.3. The number of aliphatic hydroxyl groups excluding tert-OH is 1. The minimum absolute atomic E-state index is 0.121. The summed E-state index contributed by atoms with van der Waals surface area (Å²) in [5, 5.41) is 13.1. The van der Waals surface area contributed by atoms with Gasteiger partial charge in [0.1, 0.15) is 24.2 Å². The summed E-state index contributed by atoms with van der Waals surface area (Å²) in [6, 6.07) is 5.98. The van der Waals surface area contributed by atoms with Crippen LogP contribution >= 0.6 is 0 Å². The Morgan fingerprint density at radius 3 is 2.70 bits per heavy atom. The molecule has 1 aromatic rings. The number of carbonyl (C=O) groups excluding carboxylic acids is 1. The molecule has 23 heavy (non-hydrogen) atoms. The Kier molecular flexibility index (Phi) is 8.84. The predicted molar refractivity (Wildman–Crippen MR) is 90.8 cm³/mol. The SMILES string of the molecule is CCOCc1cc(CC(C)=O)ccc1OCC(O)CNC(C)C. The van der Waals surface area contributed by atoms with Crippen LogP contribution in [0.5, 0.6) is 5.75 Å². The Bertz CT molecular complexity index is 488. The molecule has 0 aliphatic rings. The van der Waals surface area contributed by atoms with Crippen molar-refractivity contribution in [3.63, 3.8) is 0 Å². The van der Waals surface area contributed by atoms with Crippen LogP contribution < -0.4 is 10.1 Å². The second kappa shape index (κ2) is 10.4. The highest BCUT2D eigenvalue weighted by Gasteiger charge is 2.10. The second-order valence-electron chi connectivity index (χ2n) is 5.99. The van der Waals surface area contributed by atoms with Crippen LogP contribution in [0.4, 0.5) is 0 Å². The molecule has 1 atom stereocenters. The lowest BCUT2D eigenvalue weighted by molar-refractivity contribution is -0.116. The van der Waals surface area contributed by atoms with Gasteiger partial charge in [0.2, 0.25) is 0 Å². The largest absolute Gasteiger partial charge is 0.490 e. The molecule has 5 nitrogen and oxygen atoms in total. The van der Waals surface area contributed by atoms with Gasteiger partial charge in [-0.1, -0.05) is 19.9 Å². The monoisotopic (exact) mass is 323 g/mol. The molecule has 2 N–H and O–H groups in total. The highest BCUT2D eigenvalue weighted by atomic mass is 16.5. The minimum atomic E-state index is -0.575. The van der Waals surface area contributed by atoms with Crippen LogP contribution in [0.25, 0.3) is 0 Å². The maximum absolute atomic E-state index is 11.3. The van der Waals surface area contributed by atoms with Crippen LogP contribution in [0.2, 0.25) is 0 Å². The molecule has 1 unspecified atom stereocenters. The number of Topliss-reactive ketones (excluding diaryl/α,β-unsaturated/α-hetero) is 1. The quantitative estimate of drug-likeness (QED) is 0.653. The number of carbonyl (C=O) groups is 1. The lowest BCUT2D eigenvalue weighted by Crippen LogP contribution is -2.35. The first-order chi connectivity index (χ1) is 10.9. The van der Waals surface area contributed by atoms with Gasteiger partial charge in [0, 0.05) is 31.2 Å². The zero-order chi connectivity index (χ0) is 17.2. The number of rotatable bonds is 11. The lowest BCUT2D eigenvalue weighted by atomic mass is 10.1. The topological polar surface area (TPSA) is 67.8 Å². The molecule has 0 amide bonds. The van der Waals surface area contributed by atoms with Crippen molar-refractivity contribution in [3.05, 3.63) is 29.3 Å². The van der Waals surface area contributed by atoms with E-state index in [1.165, 1.54) is 0 Å². The average molecular weight is 323 g/mol. The van der Waals surface area contributed by atoms with Crippen molar-refractivity contribution in [1.29, 1.82) is 0 Å². The van der Waals surface area contributed by atoms with Gasteiger partial charge in [0.05, 0.1) is 6.61 Å². The number of benzene rings is 1. The van der Waals surface area contributed by atoms with Crippen LogP contribution in [-0.2, 0) is 22.6 Å². The highest BCUT2D eigenvalue weighted by molar-refractivity contribution is 5.78. The molecule has 1 rings (SSSR count). The van der Waals surface area contributed by atoms with Crippen LogP contribution in [0.1, 0.15) is 38.8 Å². The Labute approximate surface area is 139 Å². The number of hydrogen-bond donors (Lipinski definition) is 2. The van der Waals surface area contributed by atoms with Crippen LogP contribution in [0.15, 0.2) is 18.2 Å². The predicted octanol–water partition coefficient (Wildman–Crippen LogP) is 2.09. The van der Waals surface area contributed by atoms with Crippen molar-refractivity contribution >= 4 is 5.78 Å². The van der Waals surface area contributed by atoms with Gasteiger partial charge < -0.3 is 19.9 Å². The van der Waals surface area contributed by atoms with E-state index in [2.05, 4.69) is 5.32 Å². The Balaban J connectivity index is 2.69.